The summed E-state index contributed by atoms with van der Waals surface area (Å²) < 4.78 is 5.21. The Kier molecular flexibility index (Phi) is 12.3. The molecule has 0 spiro atoms. The monoisotopic (exact) mass is 365 g/mol. The van der Waals surface area contributed by atoms with Crippen LogP contribution < -0.4 is 5.32 Å². The van der Waals surface area contributed by atoms with E-state index in [1.165, 1.54) is 32.1 Å². The number of thioether (sulfide) groups is 1. The van der Waals surface area contributed by atoms with E-state index in [0.717, 1.165) is 25.1 Å². The van der Waals surface area contributed by atoms with E-state index in [9.17, 15) is 4.79 Å². The van der Waals surface area contributed by atoms with Crippen molar-refractivity contribution < 1.29 is 9.53 Å². The fourth-order valence-corrected chi connectivity index (χ4v) is 3.97. The van der Waals surface area contributed by atoms with E-state index in [4.69, 9.17) is 4.74 Å². The van der Waals surface area contributed by atoms with Crippen LogP contribution in [0.2, 0.25) is 0 Å². The van der Waals surface area contributed by atoms with Crippen LogP contribution in [0, 0.1) is 0 Å². The summed E-state index contributed by atoms with van der Waals surface area (Å²) in [4.78, 5) is 12.1. The lowest BCUT2D eigenvalue weighted by Crippen LogP contribution is -2.22. The molecule has 2 atom stereocenters. The van der Waals surface area contributed by atoms with Gasteiger partial charge in [-0.3, -0.25) is 4.79 Å². The summed E-state index contributed by atoms with van der Waals surface area (Å²) >= 11 is 1.68. The molecule has 0 fully saturated rings. The van der Waals surface area contributed by atoms with E-state index >= 15 is 0 Å². The van der Waals surface area contributed by atoms with Gasteiger partial charge in [0.2, 0.25) is 0 Å². The number of ether oxygens (including phenoxy) is 1. The van der Waals surface area contributed by atoms with Gasteiger partial charge >= 0.3 is 5.97 Å². The largest absolute Gasteiger partial charge is 0.465 e. The highest BCUT2D eigenvalue weighted by molar-refractivity contribution is 8.01. The maximum absolute atomic E-state index is 12.1. The van der Waals surface area contributed by atoms with Crippen LogP contribution in [-0.4, -0.2) is 29.6 Å². The third-order valence-corrected chi connectivity index (χ3v) is 5.46. The zero-order valence-electron chi connectivity index (χ0n) is 16.1. The highest BCUT2D eigenvalue weighted by atomic mass is 32.2. The Hall–Kier alpha value is -1.16. The molecular weight excluding hydrogens is 330 g/mol. The predicted octanol–water partition coefficient (Wildman–Crippen LogP) is 5.39. The molecule has 1 N–H and O–H groups in total. The molecule has 1 rings (SSSR count). The van der Waals surface area contributed by atoms with Gasteiger partial charge in [-0.15, -0.1) is 11.8 Å². The van der Waals surface area contributed by atoms with Crippen molar-refractivity contribution in [2.45, 2.75) is 76.2 Å². The maximum atomic E-state index is 12.1. The van der Waals surface area contributed by atoms with Gasteiger partial charge in [-0.2, -0.15) is 0 Å². The zero-order valence-corrected chi connectivity index (χ0v) is 16.9. The quantitative estimate of drug-likeness (QED) is 0.351. The number of hydrogen-bond donors (Lipinski definition) is 1. The maximum Gasteiger partial charge on any atom is 0.319 e. The van der Waals surface area contributed by atoms with Gasteiger partial charge in [-0.1, -0.05) is 64.2 Å². The third kappa shape index (κ3) is 9.78. The molecule has 1 aliphatic carbocycles. The molecule has 4 heteroatoms. The molecule has 0 aromatic heterocycles. The summed E-state index contributed by atoms with van der Waals surface area (Å²) in [5.74, 6) is -0.0845. The van der Waals surface area contributed by atoms with Crippen LogP contribution in [0.15, 0.2) is 36.1 Å². The van der Waals surface area contributed by atoms with Gasteiger partial charge in [-0.05, 0) is 31.9 Å². The van der Waals surface area contributed by atoms with E-state index in [1.54, 1.807) is 11.8 Å². The Labute approximate surface area is 158 Å². The van der Waals surface area contributed by atoms with Crippen molar-refractivity contribution >= 4 is 17.7 Å². The summed E-state index contributed by atoms with van der Waals surface area (Å²) in [5, 5.41) is 3.63. The minimum absolute atomic E-state index is 0.0845. The molecule has 25 heavy (non-hydrogen) atoms. The summed E-state index contributed by atoms with van der Waals surface area (Å²) in [6.07, 6.45) is 19.0. The number of allylic oxidation sites excluding steroid dienone is 3. The molecule has 142 valence electrons. The van der Waals surface area contributed by atoms with Crippen molar-refractivity contribution in [2.75, 3.05) is 13.2 Å². The molecule has 0 radical (unpaired) electrons. The fourth-order valence-electron chi connectivity index (χ4n) is 2.69. The molecule has 0 aromatic carbocycles. The highest BCUT2D eigenvalue weighted by Gasteiger charge is 2.22. The Morgan fingerprint density at radius 2 is 1.96 bits per heavy atom. The van der Waals surface area contributed by atoms with Crippen LogP contribution in [0.25, 0.3) is 0 Å². The smallest absolute Gasteiger partial charge is 0.319 e. The molecule has 0 bridgehead atoms. The lowest BCUT2D eigenvalue weighted by atomic mass is 10.1. The third-order valence-electron chi connectivity index (χ3n) is 4.07. The van der Waals surface area contributed by atoms with Crippen LogP contribution in [0.5, 0.6) is 0 Å². The van der Waals surface area contributed by atoms with Crippen molar-refractivity contribution in [2.24, 2.45) is 0 Å². The van der Waals surface area contributed by atoms with Gasteiger partial charge in [0.25, 0.3) is 0 Å². The van der Waals surface area contributed by atoms with Crippen LogP contribution in [0.4, 0.5) is 0 Å². The fraction of sp³-hybridized carbons (Fsp3) is 0.667. The molecule has 0 heterocycles. The second kappa shape index (κ2) is 14.1. The van der Waals surface area contributed by atoms with Gasteiger partial charge < -0.3 is 10.1 Å². The topological polar surface area (TPSA) is 38.3 Å². The number of unbranched alkanes of at least 4 members (excludes halogenated alkanes) is 4. The molecule has 0 aromatic rings. The number of carbonyl (C=O) groups excluding carboxylic acids is 1. The van der Waals surface area contributed by atoms with E-state index < -0.39 is 0 Å². The molecule has 3 nitrogen and oxygen atoms in total. The number of rotatable bonds is 13. The molecular formula is C21H35NO2S. The number of hydrogen-bond acceptors (Lipinski definition) is 4. The highest BCUT2D eigenvalue weighted by Crippen LogP contribution is 2.26. The number of nitrogens with one attached hydrogen (secondary N) is 1. The van der Waals surface area contributed by atoms with E-state index in [2.05, 4.69) is 49.5 Å². The minimum atomic E-state index is -0.0858. The van der Waals surface area contributed by atoms with E-state index in [-0.39, 0.29) is 16.5 Å². The second-order valence-electron chi connectivity index (χ2n) is 6.34. The molecule has 0 amide bonds. The standard InChI is InChI=1S/C21H35NO2S/c1-4-7-8-9-10-17-22-18-13-11-14-19(16-15-18)25-20(12-5-2)21(23)24-6-3/h11,13-16,19-20,22H,4-10,12,17H2,1-3H3. The van der Waals surface area contributed by atoms with Crippen LogP contribution in [-0.2, 0) is 9.53 Å². The summed E-state index contributed by atoms with van der Waals surface area (Å²) in [7, 11) is 0. The Bertz CT molecular complexity index is 457. The Morgan fingerprint density at radius 3 is 2.68 bits per heavy atom. The Morgan fingerprint density at radius 1 is 1.16 bits per heavy atom. The van der Waals surface area contributed by atoms with Crippen molar-refractivity contribution in [1.29, 1.82) is 0 Å². The average molecular weight is 366 g/mol. The van der Waals surface area contributed by atoms with Crippen LogP contribution in [0.1, 0.15) is 65.7 Å². The molecule has 2 unspecified atom stereocenters. The first-order valence-electron chi connectivity index (χ1n) is 9.83. The molecule has 0 saturated carbocycles. The first-order valence-corrected chi connectivity index (χ1v) is 10.8. The van der Waals surface area contributed by atoms with Crippen molar-refractivity contribution in [3.8, 4) is 0 Å². The van der Waals surface area contributed by atoms with Gasteiger partial charge in [0.1, 0.15) is 5.25 Å². The molecule has 0 saturated heterocycles. The summed E-state index contributed by atoms with van der Waals surface area (Å²) in [6.45, 7) is 7.68. The average Bonchev–Trinajstić information content (AvgIpc) is 2.83. The SMILES string of the molecule is CCCCCCCNC1=CC=CC(SC(CCC)C(=O)OCC)C=C1. The van der Waals surface area contributed by atoms with Gasteiger partial charge in [-0.25, -0.2) is 0 Å². The molecule has 1 aliphatic rings. The van der Waals surface area contributed by atoms with E-state index in [0.29, 0.717) is 6.61 Å². The predicted molar refractivity (Wildman–Crippen MR) is 110 cm³/mol. The van der Waals surface area contributed by atoms with Crippen molar-refractivity contribution in [1.82, 2.24) is 5.32 Å². The van der Waals surface area contributed by atoms with Crippen molar-refractivity contribution in [3.63, 3.8) is 0 Å². The summed E-state index contributed by atoms with van der Waals surface area (Å²) in [6, 6.07) is 0. The summed E-state index contributed by atoms with van der Waals surface area (Å²) in [5.41, 5.74) is 1.15. The second-order valence-corrected chi connectivity index (χ2v) is 7.72. The van der Waals surface area contributed by atoms with Crippen LogP contribution >= 0.6 is 11.8 Å². The first kappa shape index (κ1) is 21.9. The van der Waals surface area contributed by atoms with Crippen molar-refractivity contribution in [3.05, 3.63) is 36.1 Å². The number of carbonyl (C=O) groups is 1. The molecule has 0 aliphatic heterocycles. The van der Waals surface area contributed by atoms with E-state index in [1.807, 2.05) is 6.92 Å². The van der Waals surface area contributed by atoms with Crippen LogP contribution in [0.3, 0.4) is 0 Å². The van der Waals surface area contributed by atoms with Gasteiger partial charge in [0, 0.05) is 17.5 Å². The van der Waals surface area contributed by atoms with Gasteiger partial charge in [0.05, 0.1) is 6.61 Å². The minimum Gasteiger partial charge on any atom is -0.465 e. The first-order chi connectivity index (χ1) is 12.2. The van der Waals surface area contributed by atoms with Gasteiger partial charge in [0.15, 0.2) is 0 Å². The Balaban J connectivity index is 2.41. The number of esters is 1. The normalized spacial score (nSPS) is 17.7. The lowest BCUT2D eigenvalue weighted by molar-refractivity contribution is -0.142. The zero-order chi connectivity index (χ0) is 18.3. The lowest BCUT2D eigenvalue weighted by Gasteiger charge is -2.17.